The van der Waals surface area contributed by atoms with Crippen molar-refractivity contribution in [2.75, 3.05) is 18.2 Å². The van der Waals surface area contributed by atoms with E-state index < -0.39 is 12.1 Å². The van der Waals surface area contributed by atoms with E-state index in [1.54, 1.807) is 5.01 Å². The van der Waals surface area contributed by atoms with Gasteiger partial charge < -0.3 is 4.74 Å². The summed E-state index contributed by atoms with van der Waals surface area (Å²) in [6.07, 6.45) is -0.580. The third kappa shape index (κ3) is 2.73. The van der Waals surface area contributed by atoms with Crippen molar-refractivity contribution >= 4 is 23.4 Å². The van der Waals surface area contributed by atoms with Gasteiger partial charge in [0.15, 0.2) is 0 Å². The Kier molecular flexibility index (Phi) is 4.16. The van der Waals surface area contributed by atoms with Gasteiger partial charge in [0, 0.05) is 5.92 Å². The van der Waals surface area contributed by atoms with Crippen molar-refractivity contribution in [2.45, 2.75) is 13.0 Å². The molecule has 26 heavy (non-hydrogen) atoms. The van der Waals surface area contributed by atoms with Gasteiger partial charge >= 0.3 is 6.09 Å². The number of para-hydroxylation sites is 1. The van der Waals surface area contributed by atoms with Crippen LogP contribution in [0.4, 0.5) is 10.5 Å². The summed E-state index contributed by atoms with van der Waals surface area (Å²) in [5, 5.41) is 6.48. The summed E-state index contributed by atoms with van der Waals surface area (Å²) >= 11 is 0. The van der Waals surface area contributed by atoms with E-state index in [2.05, 4.69) is 0 Å². The molecule has 132 valence electrons. The monoisotopic (exact) mass is 349 g/mol. The molecule has 2 atom stereocenters. The molecule has 0 unspecified atom stereocenters. The van der Waals surface area contributed by atoms with Crippen LogP contribution in [0.3, 0.4) is 0 Å². The second kappa shape index (κ2) is 6.63. The number of carbonyl (C=O) groups excluding carboxylic acids is 2. The molecule has 0 N–H and O–H groups in total. The summed E-state index contributed by atoms with van der Waals surface area (Å²) in [6, 6.07) is 18.8. The molecule has 0 spiro atoms. The molecule has 2 aromatic rings. The van der Waals surface area contributed by atoms with Crippen molar-refractivity contribution in [3.63, 3.8) is 0 Å². The van der Waals surface area contributed by atoms with Crippen LogP contribution in [-0.2, 0) is 9.53 Å². The third-order valence-corrected chi connectivity index (χ3v) is 4.75. The van der Waals surface area contributed by atoms with Crippen molar-refractivity contribution in [2.24, 2.45) is 11.0 Å². The van der Waals surface area contributed by atoms with Crippen LogP contribution in [-0.4, -0.2) is 41.8 Å². The molecule has 4 rings (SSSR count). The summed E-state index contributed by atoms with van der Waals surface area (Å²) in [4.78, 5) is 26.2. The molecule has 0 aliphatic carbocycles. The number of ether oxygens (including phenoxy) is 1. The number of anilines is 1. The molecule has 2 aliphatic rings. The first-order valence-corrected chi connectivity index (χ1v) is 8.63. The van der Waals surface area contributed by atoms with Gasteiger partial charge in [0.25, 0.3) is 5.91 Å². The Hall–Kier alpha value is -3.15. The summed E-state index contributed by atoms with van der Waals surface area (Å²) in [6.45, 7) is 2.49. The maximum absolute atomic E-state index is 13.1. The number of hydrazone groups is 1. The molecule has 0 aromatic heterocycles. The van der Waals surface area contributed by atoms with Crippen LogP contribution in [0.5, 0.6) is 0 Å². The van der Waals surface area contributed by atoms with E-state index in [9.17, 15) is 9.59 Å². The lowest BCUT2D eigenvalue weighted by Gasteiger charge is -2.27. The zero-order chi connectivity index (χ0) is 18.1. The molecular formula is C20H19N3O3. The Morgan fingerprint density at radius 3 is 2.35 bits per heavy atom. The first kappa shape index (κ1) is 16.3. The van der Waals surface area contributed by atoms with E-state index in [1.165, 1.54) is 4.90 Å². The van der Waals surface area contributed by atoms with Crippen molar-refractivity contribution in [1.82, 2.24) is 4.90 Å². The highest BCUT2D eigenvalue weighted by Crippen LogP contribution is 2.32. The average Bonchev–Trinajstić information content (AvgIpc) is 3.26. The van der Waals surface area contributed by atoms with Crippen molar-refractivity contribution in [3.05, 3.63) is 66.2 Å². The lowest BCUT2D eigenvalue weighted by atomic mass is 9.92. The third-order valence-electron chi connectivity index (χ3n) is 4.75. The highest BCUT2D eigenvalue weighted by atomic mass is 16.6. The van der Waals surface area contributed by atoms with Crippen LogP contribution in [0.25, 0.3) is 0 Å². The van der Waals surface area contributed by atoms with Crippen LogP contribution in [0, 0.1) is 5.92 Å². The zero-order valence-electron chi connectivity index (χ0n) is 14.4. The molecule has 0 bridgehead atoms. The van der Waals surface area contributed by atoms with Crippen LogP contribution >= 0.6 is 0 Å². The Balaban J connectivity index is 1.74. The van der Waals surface area contributed by atoms with Gasteiger partial charge in [-0.2, -0.15) is 5.10 Å². The van der Waals surface area contributed by atoms with Gasteiger partial charge in [0.2, 0.25) is 0 Å². The molecule has 2 aliphatic heterocycles. The number of amides is 2. The molecule has 2 aromatic carbocycles. The Morgan fingerprint density at radius 1 is 1.08 bits per heavy atom. The number of carbonyl (C=O) groups is 2. The molecular weight excluding hydrogens is 330 g/mol. The van der Waals surface area contributed by atoms with Gasteiger partial charge in [0.1, 0.15) is 12.6 Å². The quantitative estimate of drug-likeness (QED) is 0.855. The minimum absolute atomic E-state index is 0.168. The Morgan fingerprint density at radius 2 is 1.73 bits per heavy atom. The van der Waals surface area contributed by atoms with Crippen molar-refractivity contribution in [3.8, 4) is 0 Å². The van der Waals surface area contributed by atoms with Crippen LogP contribution in [0.15, 0.2) is 65.8 Å². The fraction of sp³-hybridized carbons (Fsp3) is 0.250. The fourth-order valence-electron chi connectivity index (χ4n) is 3.43. The predicted molar refractivity (Wildman–Crippen MR) is 97.9 cm³/mol. The van der Waals surface area contributed by atoms with Crippen LogP contribution in [0.1, 0.15) is 12.5 Å². The first-order valence-electron chi connectivity index (χ1n) is 8.63. The summed E-state index contributed by atoms with van der Waals surface area (Å²) in [5.74, 6) is -0.447. The number of rotatable bonds is 3. The second-order valence-corrected chi connectivity index (χ2v) is 6.37. The van der Waals surface area contributed by atoms with Gasteiger partial charge in [-0.15, -0.1) is 0 Å². The lowest BCUT2D eigenvalue weighted by Crippen LogP contribution is -2.48. The van der Waals surface area contributed by atoms with Crippen molar-refractivity contribution < 1.29 is 14.3 Å². The molecule has 0 saturated carbocycles. The number of benzene rings is 2. The lowest BCUT2D eigenvalue weighted by molar-refractivity contribution is -0.129. The molecule has 1 saturated heterocycles. The standard InChI is InChI=1S/C20H19N3O3/c1-14-17(15-8-4-2-5-9-15)21-23(16-10-6-3-7-11-16)18(14)19(24)22-12-13-26-20(22)25/h2-11,14,18H,12-13H2,1H3/t14-,18-/m0/s1. The maximum Gasteiger partial charge on any atom is 0.416 e. The molecule has 1 fully saturated rings. The highest BCUT2D eigenvalue weighted by molar-refractivity contribution is 6.10. The van der Waals surface area contributed by atoms with Crippen LogP contribution < -0.4 is 5.01 Å². The van der Waals surface area contributed by atoms with E-state index >= 15 is 0 Å². The SMILES string of the molecule is C[C@H]1C(c2ccccc2)=NN(c2ccccc2)[C@@H]1C(=O)N1CCOC1=O. The van der Waals surface area contributed by atoms with Gasteiger partial charge in [-0.1, -0.05) is 55.5 Å². The van der Waals surface area contributed by atoms with Gasteiger partial charge in [0.05, 0.1) is 17.9 Å². The first-order chi connectivity index (χ1) is 12.7. The predicted octanol–water partition coefficient (Wildman–Crippen LogP) is 2.89. The molecule has 6 nitrogen and oxygen atoms in total. The summed E-state index contributed by atoms with van der Waals surface area (Å²) in [7, 11) is 0. The van der Waals surface area contributed by atoms with Crippen molar-refractivity contribution in [1.29, 1.82) is 0 Å². The number of nitrogens with zero attached hydrogens (tertiary/aromatic N) is 3. The largest absolute Gasteiger partial charge is 0.447 e. The number of hydrogen-bond acceptors (Lipinski definition) is 5. The van der Waals surface area contributed by atoms with Gasteiger partial charge in [-0.05, 0) is 17.7 Å². The fourth-order valence-corrected chi connectivity index (χ4v) is 3.43. The zero-order valence-corrected chi connectivity index (χ0v) is 14.4. The topological polar surface area (TPSA) is 62.2 Å². The van der Waals surface area contributed by atoms with Gasteiger partial charge in [-0.3, -0.25) is 9.80 Å². The Labute approximate surface area is 151 Å². The molecule has 0 radical (unpaired) electrons. The van der Waals surface area contributed by atoms with E-state index in [0.29, 0.717) is 0 Å². The molecule has 2 amide bonds. The normalized spacial score (nSPS) is 22.3. The van der Waals surface area contributed by atoms with Gasteiger partial charge in [-0.25, -0.2) is 9.69 Å². The minimum Gasteiger partial charge on any atom is -0.447 e. The molecule has 6 heteroatoms. The van der Waals surface area contributed by atoms with Crippen LogP contribution in [0.2, 0.25) is 0 Å². The second-order valence-electron chi connectivity index (χ2n) is 6.37. The maximum atomic E-state index is 13.1. The minimum atomic E-state index is -0.585. The Bertz CT molecular complexity index is 851. The number of cyclic esters (lactones) is 1. The highest BCUT2D eigenvalue weighted by Gasteiger charge is 2.45. The smallest absolute Gasteiger partial charge is 0.416 e. The summed E-state index contributed by atoms with van der Waals surface area (Å²) in [5.41, 5.74) is 2.62. The number of hydrogen-bond donors (Lipinski definition) is 0. The van der Waals surface area contributed by atoms with E-state index in [-0.39, 0.29) is 25.0 Å². The molecule has 2 heterocycles. The van der Waals surface area contributed by atoms with E-state index in [1.807, 2.05) is 67.6 Å². The summed E-state index contributed by atoms with van der Waals surface area (Å²) < 4.78 is 4.94. The average molecular weight is 349 g/mol. The number of imide groups is 1. The van der Waals surface area contributed by atoms with E-state index in [4.69, 9.17) is 9.84 Å². The van der Waals surface area contributed by atoms with E-state index in [0.717, 1.165) is 17.0 Å².